The molecule has 0 spiro atoms. The second kappa shape index (κ2) is 5.73. The van der Waals surface area contributed by atoms with Crippen molar-refractivity contribution in [1.82, 2.24) is 9.62 Å². The molecule has 1 aromatic carbocycles. The Morgan fingerprint density at radius 3 is 2.86 bits per heavy atom. The topological polar surface area (TPSA) is 79.6 Å². The van der Waals surface area contributed by atoms with Crippen LogP contribution in [0.2, 0.25) is 0 Å². The minimum absolute atomic E-state index is 0.198. The van der Waals surface area contributed by atoms with E-state index in [1.54, 1.807) is 11.0 Å². The van der Waals surface area contributed by atoms with Gasteiger partial charge >= 0.3 is 0 Å². The number of carbonyl (C=O) groups is 1. The number of benzene rings is 1. The van der Waals surface area contributed by atoms with Crippen LogP contribution >= 0.6 is 0 Å². The van der Waals surface area contributed by atoms with Crippen molar-refractivity contribution in [1.29, 1.82) is 0 Å². The number of furan rings is 1. The number of amides is 1. The first kappa shape index (κ1) is 15.1. The molecule has 1 aliphatic heterocycles. The fraction of sp³-hybridized carbons (Fsp3) is 0.400. The summed E-state index contributed by atoms with van der Waals surface area (Å²) >= 11 is 0. The van der Waals surface area contributed by atoms with Gasteiger partial charge in [0.05, 0.1) is 6.26 Å². The van der Waals surface area contributed by atoms with E-state index in [2.05, 4.69) is 4.72 Å². The number of hydrogen-bond acceptors (Lipinski definition) is 4. The van der Waals surface area contributed by atoms with Crippen LogP contribution in [0.1, 0.15) is 23.4 Å². The van der Waals surface area contributed by atoms with E-state index in [0.717, 1.165) is 24.5 Å². The lowest BCUT2D eigenvalue weighted by atomic mass is 10.1. The highest BCUT2D eigenvalue weighted by molar-refractivity contribution is 7.88. The number of rotatable bonds is 3. The SMILES string of the molecule is CS(=O)(=O)N[C@@H]1CCCN(C(=O)c2cc3ccccc3o2)C1. The third-order valence-corrected chi connectivity index (χ3v) is 4.49. The number of likely N-dealkylation sites (tertiary alicyclic amines) is 1. The fourth-order valence-electron chi connectivity index (χ4n) is 2.80. The lowest BCUT2D eigenvalue weighted by Gasteiger charge is -2.32. The van der Waals surface area contributed by atoms with Crippen LogP contribution in [0.15, 0.2) is 34.7 Å². The molecule has 1 amide bonds. The Kier molecular flexibility index (Phi) is 3.92. The molecule has 3 rings (SSSR count). The number of carbonyl (C=O) groups excluding carboxylic acids is 1. The van der Waals surface area contributed by atoms with Crippen molar-refractivity contribution in [3.63, 3.8) is 0 Å². The zero-order chi connectivity index (χ0) is 15.7. The zero-order valence-corrected chi connectivity index (χ0v) is 13.1. The van der Waals surface area contributed by atoms with Crippen molar-refractivity contribution in [2.75, 3.05) is 19.3 Å². The molecule has 7 heteroatoms. The van der Waals surface area contributed by atoms with E-state index in [-0.39, 0.29) is 11.9 Å². The van der Waals surface area contributed by atoms with Gasteiger partial charge in [-0.25, -0.2) is 13.1 Å². The Morgan fingerprint density at radius 2 is 2.14 bits per heavy atom. The second-order valence-corrected chi connectivity index (χ2v) is 7.41. The number of para-hydroxylation sites is 1. The molecule has 2 heterocycles. The highest BCUT2D eigenvalue weighted by atomic mass is 32.2. The lowest BCUT2D eigenvalue weighted by Crippen LogP contribution is -2.49. The molecular formula is C15H18N2O4S. The summed E-state index contributed by atoms with van der Waals surface area (Å²) in [6, 6.07) is 8.94. The van der Waals surface area contributed by atoms with Crippen molar-refractivity contribution in [3.8, 4) is 0 Å². The normalized spacial score (nSPS) is 19.5. The third kappa shape index (κ3) is 3.31. The molecule has 2 aromatic rings. The summed E-state index contributed by atoms with van der Waals surface area (Å²) in [5, 5.41) is 0.883. The van der Waals surface area contributed by atoms with Crippen LogP contribution in [0.25, 0.3) is 11.0 Å². The van der Waals surface area contributed by atoms with E-state index in [9.17, 15) is 13.2 Å². The van der Waals surface area contributed by atoms with E-state index in [1.165, 1.54) is 0 Å². The van der Waals surface area contributed by atoms with Gasteiger partial charge in [-0.15, -0.1) is 0 Å². The summed E-state index contributed by atoms with van der Waals surface area (Å²) in [6.07, 6.45) is 2.63. The van der Waals surface area contributed by atoms with Gasteiger partial charge in [0.1, 0.15) is 5.58 Å². The van der Waals surface area contributed by atoms with Gasteiger partial charge in [0.25, 0.3) is 5.91 Å². The van der Waals surface area contributed by atoms with Crippen molar-refractivity contribution in [2.24, 2.45) is 0 Å². The van der Waals surface area contributed by atoms with E-state index < -0.39 is 10.0 Å². The molecule has 1 aliphatic rings. The summed E-state index contributed by atoms with van der Waals surface area (Å²) in [5.74, 6) is 0.0948. The lowest BCUT2D eigenvalue weighted by molar-refractivity contribution is 0.0673. The predicted molar refractivity (Wildman–Crippen MR) is 83.1 cm³/mol. The van der Waals surface area contributed by atoms with Crippen LogP contribution in [0, 0.1) is 0 Å². The maximum absolute atomic E-state index is 12.5. The molecule has 1 fully saturated rings. The number of hydrogen-bond donors (Lipinski definition) is 1. The molecule has 1 N–H and O–H groups in total. The van der Waals surface area contributed by atoms with Gasteiger partial charge in [0.2, 0.25) is 10.0 Å². The smallest absolute Gasteiger partial charge is 0.289 e. The molecule has 6 nitrogen and oxygen atoms in total. The number of sulfonamides is 1. The molecule has 0 unspecified atom stereocenters. The van der Waals surface area contributed by atoms with Crippen LogP contribution in [-0.4, -0.2) is 44.6 Å². The van der Waals surface area contributed by atoms with Crippen LogP contribution < -0.4 is 4.72 Å². The number of piperidine rings is 1. The molecule has 22 heavy (non-hydrogen) atoms. The first-order chi connectivity index (χ1) is 10.4. The monoisotopic (exact) mass is 322 g/mol. The fourth-order valence-corrected chi connectivity index (χ4v) is 3.60. The van der Waals surface area contributed by atoms with Gasteiger partial charge in [0, 0.05) is 24.5 Å². The van der Waals surface area contributed by atoms with E-state index in [1.807, 2.05) is 24.3 Å². The van der Waals surface area contributed by atoms with Gasteiger partial charge < -0.3 is 9.32 Å². The summed E-state index contributed by atoms with van der Waals surface area (Å²) in [7, 11) is -3.27. The Morgan fingerprint density at radius 1 is 1.36 bits per heavy atom. The minimum atomic E-state index is -3.27. The second-order valence-electron chi connectivity index (χ2n) is 5.63. The van der Waals surface area contributed by atoms with E-state index >= 15 is 0 Å². The van der Waals surface area contributed by atoms with Crippen LogP contribution in [0.4, 0.5) is 0 Å². The summed E-state index contributed by atoms with van der Waals surface area (Å²) < 4.78 is 30.8. The molecule has 0 saturated carbocycles. The molecule has 1 saturated heterocycles. The van der Waals surface area contributed by atoms with Crippen LogP contribution in [0.3, 0.4) is 0 Å². The summed E-state index contributed by atoms with van der Waals surface area (Å²) in [5.41, 5.74) is 0.675. The Hall–Kier alpha value is -1.86. The standard InChI is InChI=1S/C15H18N2O4S/c1-22(19,20)16-12-6-4-8-17(10-12)15(18)14-9-11-5-2-3-7-13(11)21-14/h2-3,5,7,9,12,16H,4,6,8,10H2,1H3/t12-/m1/s1. The maximum atomic E-state index is 12.5. The predicted octanol–water partition coefficient (Wildman–Crippen LogP) is 1.59. The van der Waals surface area contributed by atoms with Crippen molar-refractivity contribution in [2.45, 2.75) is 18.9 Å². The molecule has 0 bridgehead atoms. The van der Waals surface area contributed by atoms with Crippen molar-refractivity contribution < 1.29 is 17.6 Å². The van der Waals surface area contributed by atoms with E-state index in [4.69, 9.17) is 4.42 Å². The first-order valence-corrected chi connectivity index (χ1v) is 9.07. The van der Waals surface area contributed by atoms with Gasteiger partial charge in [-0.05, 0) is 25.0 Å². The number of nitrogens with zero attached hydrogens (tertiary/aromatic N) is 1. The van der Waals surface area contributed by atoms with Crippen molar-refractivity contribution in [3.05, 3.63) is 36.1 Å². The van der Waals surface area contributed by atoms with Gasteiger partial charge in [-0.3, -0.25) is 4.79 Å². The minimum Gasteiger partial charge on any atom is -0.451 e. The Bertz CT molecular complexity index is 764. The number of nitrogens with one attached hydrogen (secondary N) is 1. The largest absolute Gasteiger partial charge is 0.451 e. The van der Waals surface area contributed by atoms with Gasteiger partial charge in [-0.2, -0.15) is 0 Å². The van der Waals surface area contributed by atoms with Gasteiger partial charge in [-0.1, -0.05) is 18.2 Å². The molecule has 1 aromatic heterocycles. The van der Waals surface area contributed by atoms with Crippen LogP contribution in [0.5, 0.6) is 0 Å². The maximum Gasteiger partial charge on any atom is 0.289 e. The number of fused-ring (bicyclic) bond motifs is 1. The van der Waals surface area contributed by atoms with E-state index in [0.29, 0.717) is 24.4 Å². The summed E-state index contributed by atoms with van der Waals surface area (Å²) in [4.78, 5) is 14.2. The van der Waals surface area contributed by atoms with Crippen molar-refractivity contribution >= 4 is 26.9 Å². The Labute approximate surface area is 129 Å². The molecule has 0 radical (unpaired) electrons. The molecule has 1 atom stereocenters. The first-order valence-electron chi connectivity index (χ1n) is 7.17. The molecule has 118 valence electrons. The third-order valence-electron chi connectivity index (χ3n) is 3.73. The molecular weight excluding hydrogens is 304 g/mol. The highest BCUT2D eigenvalue weighted by Crippen LogP contribution is 2.21. The van der Waals surface area contributed by atoms with Crippen LogP contribution in [-0.2, 0) is 10.0 Å². The summed E-state index contributed by atoms with van der Waals surface area (Å²) in [6.45, 7) is 0.973. The molecule has 0 aliphatic carbocycles. The quantitative estimate of drug-likeness (QED) is 0.930. The van der Waals surface area contributed by atoms with Gasteiger partial charge in [0.15, 0.2) is 5.76 Å². The Balaban J connectivity index is 1.76. The highest BCUT2D eigenvalue weighted by Gasteiger charge is 2.27. The zero-order valence-electron chi connectivity index (χ0n) is 12.3. The average Bonchev–Trinajstić information content (AvgIpc) is 2.88. The average molecular weight is 322 g/mol.